The Morgan fingerprint density at radius 1 is 1.43 bits per heavy atom. The molecule has 0 aliphatic carbocycles. The number of hydrogen-bond acceptors (Lipinski definition) is 3. The minimum absolute atomic E-state index is 0.772. The van der Waals surface area contributed by atoms with Crippen LogP contribution < -0.4 is 5.32 Å². The zero-order chi connectivity index (χ0) is 9.97. The normalized spacial score (nSPS) is 18.7. The number of nitrogens with one attached hydrogen (secondary N) is 1. The molecule has 78 valence electrons. The van der Waals surface area contributed by atoms with Gasteiger partial charge in [-0.3, -0.25) is 0 Å². The molecule has 0 amide bonds. The van der Waals surface area contributed by atoms with Crippen molar-refractivity contribution in [2.24, 2.45) is 0 Å². The van der Waals surface area contributed by atoms with Gasteiger partial charge in [0.1, 0.15) is 0 Å². The van der Waals surface area contributed by atoms with Crippen molar-refractivity contribution in [2.45, 2.75) is 39.0 Å². The molecule has 1 saturated heterocycles. The van der Waals surface area contributed by atoms with Crippen LogP contribution in [0.1, 0.15) is 41.3 Å². The number of aryl methyl sites for hydroxylation is 2. The van der Waals surface area contributed by atoms with Crippen LogP contribution in [0.2, 0.25) is 0 Å². The monoisotopic (exact) mass is 210 g/mol. The van der Waals surface area contributed by atoms with E-state index in [-0.39, 0.29) is 0 Å². The van der Waals surface area contributed by atoms with Crippen molar-refractivity contribution in [2.75, 3.05) is 13.1 Å². The third kappa shape index (κ3) is 1.98. The van der Waals surface area contributed by atoms with Crippen molar-refractivity contribution >= 4 is 11.3 Å². The van der Waals surface area contributed by atoms with Crippen LogP contribution in [0, 0.1) is 6.92 Å². The molecule has 1 N–H and O–H groups in total. The first kappa shape index (κ1) is 10.1. The Bertz CT molecular complexity index is 300. The summed E-state index contributed by atoms with van der Waals surface area (Å²) in [6, 6.07) is 0. The Kier molecular flexibility index (Phi) is 3.19. The second kappa shape index (κ2) is 4.41. The molecule has 0 aromatic carbocycles. The highest BCUT2D eigenvalue weighted by Crippen LogP contribution is 2.32. The van der Waals surface area contributed by atoms with Gasteiger partial charge in [-0.15, -0.1) is 11.3 Å². The van der Waals surface area contributed by atoms with Crippen molar-refractivity contribution in [3.05, 3.63) is 15.6 Å². The molecule has 1 aromatic rings. The predicted molar refractivity (Wildman–Crippen MR) is 61.1 cm³/mol. The highest BCUT2D eigenvalue weighted by atomic mass is 32.1. The SMILES string of the molecule is CCc1nc(C)c(C2CCNCC2)s1. The second-order valence-corrected chi connectivity index (χ2v) is 5.05. The van der Waals surface area contributed by atoms with E-state index in [1.165, 1.54) is 36.6 Å². The van der Waals surface area contributed by atoms with Gasteiger partial charge in [-0.05, 0) is 45.2 Å². The molecule has 0 saturated carbocycles. The van der Waals surface area contributed by atoms with Crippen LogP contribution in [0.15, 0.2) is 0 Å². The van der Waals surface area contributed by atoms with E-state index in [1.807, 2.05) is 11.3 Å². The summed E-state index contributed by atoms with van der Waals surface area (Å²) in [5, 5.41) is 4.71. The zero-order valence-electron chi connectivity index (χ0n) is 8.97. The van der Waals surface area contributed by atoms with E-state index in [1.54, 1.807) is 4.88 Å². The fourth-order valence-electron chi connectivity index (χ4n) is 2.08. The maximum Gasteiger partial charge on any atom is 0.0928 e. The third-order valence-corrected chi connectivity index (χ3v) is 4.35. The molecule has 0 unspecified atom stereocenters. The first-order valence-electron chi connectivity index (χ1n) is 5.48. The Labute approximate surface area is 89.8 Å². The molecular formula is C11H18N2S. The minimum Gasteiger partial charge on any atom is -0.317 e. The average molecular weight is 210 g/mol. The van der Waals surface area contributed by atoms with Gasteiger partial charge in [-0.2, -0.15) is 0 Å². The van der Waals surface area contributed by atoms with Crippen LogP contribution in [-0.2, 0) is 6.42 Å². The number of thiazole rings is 1. The highest BCUT2D eigenvalue weighted by molar-refractivity contribution is 7.11. The van der Waals surface area contributed by atoms with Crippen LogP contribution in [0.5, 0.6) is 0 Å². The summed E-state index contributed by atoms with van der Waals surface area (Å²) < 4.78 is 0. The van der Waals surface area contributed by atoms with Crippen molar-refractivity contribution in [3.8, 4) is 0 Å². The summed E-state index contributed by atoms with van der Waals surface area (Å²) in [5.41, 5.74) is 1.28. The maximum atomic E-state index is 4.60. The quantitative estimate of drug-likeness (QED) is 0.811. The lowest BCUT2D eigenvalue weighted by molar-refractivity contribution is 0.463. The van der Waals surface area contributed by atoms with E-state index in [9.17, 15) is 0 Å². The molecule has 0 radical (unpaired) electrons. The Morgan fingerprint density at radius 2 is 2.14 bits per heavy atom. The summed E-state index contributed by atoms with van der Waals surface area (Å²) in [5.74, 6) is 0.772. The van der Waals surface area contributed by atoms with Crippen molar-refractivity contribution < 1.29 is 0 Å². The Morgan fingerprint density at radius 3 is 2.71 bits per heavy atom. The lowest BCUT2D eigenvalue weighted by Crippen LogP contribution is -2.26. The molecule has 3 heteroatoms. The van der Waals surface area contributed by atoms with Crippen LogP contribution in [0.3, 0.4) is 0 Å². The average Bonchev–Trinajstić information content (AvgIpc) is 2.61. The first-order chi connectivity index (χ1) is 6.81. The highest BCUT2D eigenvalue weighted by Gasteiger charge is 2.19. The smallest absolute Gasteiger partial charge is 0.0928 e. The summed E-state index contributed by atoms with van der Waals surface area (Å²) >= 11 is 1.93. The van der Waals surface area contributed by atoms with Crippen LogP contribution in [-0.4, -0.2) is 18.1 Å². The van der Waals surface area contributed by atoms with E-state index in [4.69, 9.17) is 0 Å². The minimum atomic E-state index is 0.772. The fraction of sp³-hybridized carbons (Fsp3) is 0.727. The molecule has 2 heterocycles. The number of hydrogen-bond donors (Lipinski definition) is 1. The number of piperidine rings is 1. The van der Waals surface area contributed by atoms with E-state index in [0.717, 1.165) is 12.3 Å². The standard InChI is InChI=1S/C11H18N2S/c1-3-10-13-8(2)11(14-10)9-4-6-12-7-5-9/h9,12H,3-7H2,1-2H3. The summed E-state index contributed by atoms with van der Waals surface area (Å²) in [4.78, 5) is 6.15. The molecule has 1 aliphatic heterocycles. The van der Waals surface area contributed by atoms with Crippen LogP contribution in [0.4, 0.5) is 0 Å². The van der Waals surface area contributed by atoms with Gasteiger partial charge in [0.05, 0.1) is 10.7 Å². The summed E-state index contributed by atoms with van der Waals surface area (Å²) in [6.45, 7) is 6.68. The van der Waals surface area contributed by atoms with Crippen molar-refractivity contribution in [1.82, 2.24) is 10.3 Å². The molecule has 14 heavy (non-hydrogen) atoms. The van der Waals surface area contributed by atoms with Gasteiger partial charge < -0.3 is 5.32 Å². The lowest BCUT2D eigenvalue weighted by Gasteiger charge is -2.21. The first-order valence-corrected chi connectivity index (χ1v) is 6.29. The van der Waals surface area contributed by atoms with E-state index < -0.39 is 0 Å². The number of nitrogens with zero attached hydrogens (tertiary/aromatic N) is 1. The molecule has 2 nitrogen and oxygen atoms in total. The summed E-state index contributed by atoms with van der Waals surface area (Å²) in [6.07, 6.45) is 3.65. The van der Waals surface area contributed by atoms with Crippen molar-refractivity contribution in [3.63, 3.8) is 0 Å². The molecule has 1 fully saturated rings. The van der Waals surface area contributed by atoms with Gasteiger partial charge in [0, 0.05) is 4.88 Å². The number of rotatable bonds is 2. The second-order valence-electron chi connectivity index (χ2n) is 3.94. The van der Waals surface area contributed by atoms with Gasteiger partial charge in [-0.25, -0.2) is 4.98 Å². The Balaban J connectivity index is 2.17. The number of aromatic nitrogens is 1. The van der Waals surface area contributed by atoms with Gasteiger partial charge in [0.2, 0.25) is 0 Å². The zero-order valence-corrected chi connectivity index (χ0v) is 9.78. The Hall–Kier alpha value is -0.410. The molecule has 0 bridgehead atoms. The third-order valence-electron chi connectivity index (χ3n) is 2.89. The van der Waals surface area contributed by atoms with Crippen LogP contribution in [0.25, 0.3) is 0 Å². The van der Waals surface area contributed by atoms with E-state index in [2.05, 4.69) is 24.1 Å². The predicted octanol–water partition coefficient (Wildman–Crippen LogP) is 2.48. The van der Waals surface area contributed by atoms with Crippen molar-refractivity contribution in [1.29, 1.82) is 0 Å². The van der Waals surface area contributed by atoms with Gasteiger partial charge in [0.25, 0.3) is 0 Å². The van der Waals surface area contributed by atoms with E-state index >= 15 is 0 Å². The van der Waals surface area contributed by atoms with Gasteiger partial charge >= 0.3 is 0 Å². The molecule has 0 atom stereocenters. The molecule has 1 aromatic heterocycles. The van der Waals surface area contributed by atoms with Gasteiger partial charge in [0.15, 0.2) is 0 Å². The van der Waals surface area contributed by atoms with Gasteiger partial charge in [-0.1, -0.05) is 6.92 Å². The largest absolute Gasteiger partial charge is 0.317 e. The maximum absolute atomic E-state index is 4.60. The molecule has 2 rings (SSSR count). The molecular weight excluding hydrogens is 192 g/mol. The molecule has 1 aliphatic rings. The summed E-state index contributed by atoms with van der Waals surface area (Å²) in [7, 11) is 0. The van der Waals surface area contributed by atoms with Crippen LogP contribution >= 0.6 is 11.3 Å². The molecule has 0 spiro atoms. The fourth-order valence-corrected chi connectivity index (χ4v) is 3.26. The lowest BCUT2D eigenvalue weighted by atomic mass is 9.96. The topological polar surface area (TPSA) is 24.9 Å². The van der Waals surface area contributed by atoms with E-state index in [0.29, 0.717) is 0 Å².